The van der Waals surface area contributed by atoms with Crippen LogP contribution in [0.1, 0.15) is 6.92 Å². The third-order valence-corrected chi connectivity index (χ3v) is 6.11. The molecular weight excluding hydrogens is 498 g/mol. The molecule has 2 aromatic carbocycles. The molecule has 1 N–H and O–H groups in total. The molecule has 0 spiro atoms. The third-order valence-electron chi connectivity index (χ3n) is 4.22. The van der Waals surface area contributed by atoms with Gasteiger partial charge in [-0.1, -0.05) is 15.9 Å². The molecule has 164 valence electrons. The van der Waals surface area contributed by atoms with E-state index >= 15 is 0 Å². The Bertz CT molecular complexity index is 1300. The standard InChI is InChI=1S/C21H18BrN5O4S/c1-2-30-18-8-3-15(22)13-19(18)32(28,29)26-16-4-6-17(7-5-16)31-21-10-9-20(24-25-21)27-12-11-23-14-27/h3-14,26H,2H2,1H3. The van der Waals surface area contributed by atoms with Crippen molar-refractivity contribution in [2.24, 2.45) is 0 Å². The van der Waals surface area contributed by atoms with Gasteiger partial charge >= 0.3 is 0 Å². The summed E-state index contributed by atoms with van der Waals surface area (Å²) in [5.41, 5.74) is 0.376. The van der Waals surface area contributed by atoms with E-state index in [1.807, 2.05) is 0 Å². The maximum atomic E-state index is 12.9. The number of rotatable bonds is 8. The SMILES string of the molecule is CCOc1ccc(Br)cc1S(=O)(=O)Nc1ccc(Oc2ccc(-n3ccnc3)nn2)cc1. The molecule has 32 heavy (non-hydrogen) atoms. The molecule has 0 aliphatic rings. The fourth-order valence-electron chi connectivity index (χ4n) is 2.79. The Balaban J connectivity index is 1.46. The molecule has 4 aromatic rings. The van der Waals surface area contributed by atoms with Crippen LogP contribution in [0.2, 0.25) is 0 Å². The molecule has 0 fully saturated rings. The number of nitrogens with one attached hydrogen (secondary N) is 1. The summed E-state index contributed by atoms with van der Waals surface area (Å²) in [6.45, 7) is 2.14. The Labute approximate surface area is 193 Å². The minimum Gasteiger partial charge on any atom is -0.492 e. The van der Waals surface area contributed by atoms with Crippen LogP contribution in [-0.2, 0) is 10.0 Å². The minimum absolute atomic E-state index is 0.0438. The molecule has 2 aromatic heterocycles. The molecule has 0 aliphatic carbocycles. The second-order valence-corrected chi connectivity index (χ2v) is 9.02. The normalized spacial score (nSPS) is 11.2. The van der Waals surface area contributed by atoms with Gasteiger partial charge in [0.05, 0.1) is 6.61 Å². The van der Waals surface area contributed by atoms with E-state index in [9.17, 15) is 8.42 Å². The van der Waals surface area contributed by atoms with Crippen LogP contribution in [0.15, 0.2) is 82.7 Å². The van der Waals surface area contributed by atoms with Crippen molar-refractivity contribution < 1.29 is 17.9 Å². The topological polar surface area (TPSA) is 108 Å². The summed E-state index contributed by atoms with van der Waals surface area (Å²) in [6.07, 6.45) is 5.03. The lowest BCUT2D eigenvalue weighted by Crippen LogP contribution is -2.14. The summed E-state index contributed by atoms with van der Waals surface area (Å²) >= 11 is 3.30. The number of aromatic nitrogens is 4. The number of benzene rings is 2. The molecule has 0 saturated heterocycles. The predicted molar refractivity (Wildman–Crippen MR) is 122 cm³/mol. The van der Waals surface area contributed by atoms with Crippen molar-refractivity contribution in [1.82, 2.24) is 19.7 Å². The summed E-state index contributed by atoms with van der Waals surface area (Å²) in [5.74, 6) is 1.67. The molecule has 9 nitrogen and oxygen atoms in total. The third kappa shape index (κ3) is 5.06. The fraction of sp³-hybridized carbons (Fsp3) is 0.0952. The van der Waals surface area contributed by atoms with Crippen LogP contribution >= 0.6 is 15.9 Å². The van der Waals surface area contributed by atoms with Gasteiger partial charge in [0.2, 0.25) is 5.88 Å². The number of hydrogen-bond donors (Lipinski definition) is 1. The van der Waals surface area contributed by atoms with Crippen LogP contribution in [0.25, 0.3) is 5.82 Å². The molecule has 0 unspecified atom stereocenters. The quantitative estimate of drug-likeness (QED) is 0.370. The largest absolute Gasteiger partial charge is 0.492 e. The van der Waals surface area contributed by atoms with E-state index < -0.39 is 10.0 Å². The Morgan fingerprint density at radius 1 is 1.06 bits per heavy atom. The van der Waals surface area contributed by atoms with E-state index in [2.05, 4.69) is 35.8 Å². The molecule has 2 heterocycles. The minimum atomic E-state index is -3.86. The molecule has 0 saturated carbocycles. The van der Waals surface area contributed by atoms with Crippen LogP contribution < -0.4 is 14.2 Å². The Hall–Kier alpha value is -3.44. The van der Waals surface area contributed by atoms with Gasteiger partial charge in [-0.05, 0) is 55.5 Å². The zero-order chi connectivity index (χ0) is 22.6. The highest BCUT2D eigenvalue weighted by Crippen LogP contribution is 2.30. The predicted octanol–water partition coefficient (Wildman–Crippen LogP) is 4.42. The van der Waals surface area contributed by atoms with Gasteiger partial charge in [0.1, 0.15) is 22.7 Å². The van der Waals surface area contributed by atoms with E-state index in [0.717, 1.165) is 0 Å². The Kier molecular flexibility index (Phi) is 6.37. The second kappa shape index (κ2) is 9.37. The summed E-state index contributed by atoms with van der Waals surface area (Å²) in [7, 11) is -3.86. The number of halogens is 1. The molecule has 0 radical (unpaired) electrons. The number of imidazole rings is 1. The first-order chi connectivity index (χ1) is 15.4. The number of anilines is 1. The van der Waals surface area contributed by atoms with Crippen molar-refractivity contribution in [3.8, 4) is 23.2 Å². The van der Waals surface area contributed by atoms with Crippen molar-refractivity contribution in [3.63, 3.8) is 0 Å². The van der Waals surface area contributed by atoms with Crippen LogP contribution in [-0.4, -0.2) is 34.8 Å². The molecule has 4 rings (SSSR count). The van der Waals surface area contributed by atoms with Crippen LogP contribution in [0.5, 0.6) is 17.4 Å². The second-order valence-electron chi connectivity index (χ2n) is 6.46. The van der Waals surface area contributed by atoms with Gasteiger partial charge in [-0.3, -0.25) is 9.29 Å². The summed E-state index contributed by atoms with van der Waals surface area (Å²) in [5, 5.41) is 8.12. The van der Waals surface area contributed by atoms with Gasteiger partial charge in [-0.15, -0.1) is 10.2 Å². The monoisotopic (exact) mass is 515 g/mol. The first-order valence-corrected chi connectivity index (χ1v) is 11.8. The number of ether oxygens (including phenoxy) is 2. The molecular formula is C21H18BrN5O4S. The van der Waals surface area contributed by atoms with Crippen LogP contribution in [0.4, 0.5) is 5.69 Å². The Morgan fingerprint density at radius 2 is 1.88 bits per heavy atom. The Morgan fingerprint density at radius 3 is 2.53 bits per heavy atom. The highest BCUT2D eigenvalue weighted by Gasteiger charge is 2.20. The molecule has 0 amide bonds. The molecule has 11 heteroatoms. The average Bonchev–Trinajstić information content (AvgIpc) is 3.32. The highest BCUT2D eigenvalue weighted by molar-refractivity contribution is 9.10. The van der Waals surface area contributed by atoms with Crippen LogP contribution in [0, 0.1) is 0 Å². The van der Waals surface area contributed by atoms with Gasteiger partial charge in [0, 0.05) is 28.6 Å². The number of nitrogens with zero attached hydrogens (tertiary/aromatic N) is 4. The zero-order valence-electron chi connectivity index (χ0n) is 16.8. The van der Waals surface area contributed by atoms with Gasteiger partial charge in [0.25, 0.3) is 10.0 Å². The maximum Gasteiger partial charge on any atom is 0.265 e. The van der Waals surface area contributed by atoms with Gasteiger partial charge < -0.3 is 9.47 Å². The molecule has 0 aliphatic heterocycles. The van der Waals surface area contributed by atoms with E-state index in [0.29, 0.717) is 34.2 Å². The number of sulfonamides is 1. The average molecular weight is 516 g/mol. The van der Waals surface area contributed by atoms with Crippen molar-refractivity contribution in [1.29, 1.82) is 0 Å². The lowest BCUT2D eigenvalue weighted by Gasteiger charge is -2.13. The van der Waals surface area contributed by atoms with E-state index in [1.165, 1.54) is 6.07 Å². The maximum absolute atomic E-state index is 12.9. The fourth-order valence-corrected chi connectivity index (χ4v) is 4.53. The smallest absolute Gasteiger partial charge is 0.265 e. The summed E-state index contributed by atoms with van der Waals surface area (Å²) in [6, 6.07) is 14.7. The first-order valence-electron chi connectivity index (χ1n) is 9.50. The summed E-state index contributed by atoms with van der Waals surface area (Å²) in [4.78, 5) is 4.01. The van der Waals surface area contributed by atoms with Crippen molar-refractivity contribution in [2.45, 2.75) is 11.8 Å². The van der Waals surface area contributed by atoms with Crippen LogP contribution in [0.3, 0.4) is 0 Å². The summed E-state index contributed by atoms with van der Waals surface area (Å²) < 4.78 is 41.8. The lowest BCUT2D eigenvalue weighted by molar-refractivity contribution is 0.331. The van der Waals surface area contributed by atoms with Gasteiger partial charge in [-0.25, -0.2) is 13.4 Å². The van der Waals surface area contributed by atoms with Crippen molar-refractivity contribution in [3.05, 3.63) is 77.8 Å². The van der Waals surface area contributed by atoms with Crippen molar-refractivity contribution >= 4 is 31.6 Å². The van der Waals surface area contributed by atoms with Gasteiger partial charge in [0.15, 0.2) is 5.82 Å². The first kappa shape index (κ1) is 21.8. The zero-order valence-corrected chi connectivity index (χ0v) is 19.2. The van der Waals surface area contributed by atoms with E-state index in [1.54, 1.807) is 78.7 Å². The highest BCUT2D eigenvalue weighted by atomic mass is 79.9. The van der Waals surface area contributed by atoms with Crippen molar-refractivity contribution in [2.75, 3.05) is 11.3 Å². The molecule has 0 bridgehead atoms. The molecule has 0 atom stereocenters. The van der Waals surface area contributed by atoms with E-state index in [4.69, 9.17) is 9.47 Å². The lowest BCUT2D eigenvalue weighted by atomic mass is 10.3. The van der Waals surface area contributed by atoms with E-state index in [-0.39, 0.29) is 10.6 Å². The van der Waals surface area contributed by atoms with Gasteiger partial charge in [-0.2, -0.15) is 0 Å². The number of hydrogen-bond acceptors (Lipinski definition) is 7.